The van der Waals surface area contributed by atoms with Crippen molar-refractivity contribution in [3.8, 4) is 0 Å². The number of hydrogen-bond donors (Lipinski definition) is 0. The third kappa shape index (κ3) is 6.44. The molecule has 1 aromatic rings. The van der Waals surface area contributed by atoms with E-state index < -0.39 is 0 Å². The van der Waals surface area contributed by atoms with Crippen molar-refractivity contribution >= 4 is 31.4 Å². The van der Waals surface area contributed by atoms with Crippen molar-refractivity contribution in [1.82, 2.24) is 0 Å². The van der Waals surface area contributed by atoms with Gasteiger partial charge in [0.2, 0.25) is 0 Å². The number of ether oxygens (including phenoxy) is 2. The van der Waals surface area contributed by atoms with Gasteiger partial charge in [0, 0.05) is 6.92 Å². The first-order chi connectivity index (χ1) is 19.8. The van der Waals surface area contributed by atoms with Crippen LogP contribution in [0.2, 0.25) is 4.82 Å². The number of carbonyl (C=O) groups excluding carboxylic acids is 2. The van der Waals surface area contributed by atoms with Gasteiger partial charge in [-0.05, 0) is 0 Å². The molecule has 1 aromatic carbocycles. The standard InChI is InChI=1S/C37H54O4Se/c1-24(12-11-19-35(4,5)41-26(3)39)30-15-16-31-34-32(18-21-37(30,31)7)36(6)20-17-28(40-25(2)38)22-27(36)23-33(34)42-29-13-9-8-10-14-29/h8-10,13-14,23-24,28,30-34H,11-12,15-22H2,1-7H3/t24-,28?,30-,31?,32?,33+,34?,36+,37-/m1/s1. The van der Waals surface area contributed by atoms with Crippen molar-refractivity contribution in [3.05, 3.63) is 42.0 Å². The molecule has 0 bridgehead atoms. The first-order valence-electron chi connectivity index (χ1n) is 16.6. The summed E-state index contributed by atoms with van der Waals surface area (Å²) in [6.45, 7) is 14.9. The van der Waals surface area contributed by atoms with E-state index in [2.05, 4.69) is 57.2 Å². The van der Waals surface area contributed by atoms with Crippen LogP contribution in [0.3, 0.4) is 0 Å². The van der Waals surface area contributed by atoms with Crippen molar-refractivity contribution in [3.63, 3.8) is 0 Å². The molecule has 0 radical (unpaired) electrons. The number of benzene rings is 1. The van der Waals surface area contributed by atoms with Gasteiger partial charge in [0.05, 0.1) is 0 Å². The van der Waals surface area contributed by atoms with Gasteiger partial charge in [-0.25, -0.2) is 0 Å². The average Bonchev–Trinajstić information content (AvgIpc) is 3.26. The molecule has 42 heavy (non-hydrogen) atoms. The summed E-state index contributed by atoms with van der Waals surface area (Å²) in [4.78, 5) is 24.0. The molecule has 0 spiro atoms. The number of rotatable bonds is 9. The molecule has 0 amide bonds. The Morgan fingerprint density at radius 2 is 1.74 bits per heavy atom. The molecule has 4 aliphatic rings. The SMILES string of the molecule is CC(=O)OC1CC[C@@]2(C)C(=C[C@H]([Se]c3ccccc3)C3C2CC[C@@]2(C)C3CC[C@@H]2[C@H](C)CCCC(C)(C)OC(C)=O)C1. The Bertz CT molecular complexity index is 1160. The van der Waals surface area contributed by atoms with Crippen molar-refractivity contribution in [2.75, 3.05) is 0 Å². The Morgan fingerprint density at radius 3 is 2.43 bits per heavy atom. The van der Waals surface area contributed by atoms with Gasteiger partial charge in [-0.15, -0.1) is 0 Å². The van der Waals surface area contributed by atoms with Crippen LogP contribution in [-0.4, -0.2) is 38.6 Å². The molecule has 3 fully saturated rings. The molecule has 232 valence electrons. The number of esters is 2. The van der Waals surface area contributed by atoms with E-state index in [4.69, 9.17) is 9.47 Å². The quantitative estimate of drug-likeness (QED) is 0.156. The number of hydrogen-bond acceptors (Lipinski definition) is 4. The zero-order chi connectivity index (χ0) is 30.3. The van der Waals surface area contributed by atoms with Crippen molar-refractivity contribution in [2.24, 2.45) is 40.4 Å². The van der Waals surface area contributed by atoms with Crippen LogP contribution >= 0.6 is 0 Å². The van der Waals surface area contributed by atoms with Gasteiger partial charge in [0.15, 0.2) is 0 Å². The summed E-state index contributed by atoms with van der Waals surface area (Å²) in [5.41, 5.74) is 1.84. The first-order valence-corrected chi connectivity index (χ1v) is 18.5. The second-order valence-electron chi connectivity index (χ2n) is 15.2. The fourth-order valence-corrected chi connectivity index (χ4v) is 13.1. The summed E-state index contributed by atoms with van der Waals surface area (Å²) in [7, 11) is 0. The molecule has 4 unspecified atom stereocenters. The van der Waals surface area contributed by atoms with Gasteiger partial charge >= 0.3 is 250 Å². The Kier molecular flexibility index (Phi) is 9.42. The summed E-state index contributed by atoms with van der Waals surface area (Å²) in [5, 5.41) is 0. The second-order valence-corrected chi connectivity index (χ2v) is 17.8. The van der Waals surface area contributed by atoms with Gasteiger partial charge in [0.1, 0.15) is 0 Å². The van der Waals surface area contributed by atoms with Gasteiger partial charge in [-0.2, -0.15) is 0 Å². The minimum absolute atomic E-state index is 0.0413. The molecule has 5 rings (SSSR count). The molecular formula is C37H54O4Se. The van der Waals surface area contributed by atoms with Crippen LogP contribution in [0, 0.1) is 40.4 Å². The van der Waals surface area contributed by atoms with E-state index in [0.717, 1.165) is 55.8 Å². The van der Waals surface area contributed by atoms with Gasteiger partial charge < -0.3 is 0 Å². The Labute approximate surface area is 261 Å². The van der Waals surface area contributed by atoms with E-state index in [1.165, 1.54) is 43.5 Å². The molecule has 0 aromatic heterocycles. The van der Waals surface area contributed by atoms with E-state index in [-0.39, 0.29) is 29.1 Å². The summed E-state index contributed by atoms with van der Waals surface area (Å²) in [5.74, 6) is 3.37. The molecule has 4 nitrogen and oxygen atoms in total. The predicted octanol–water partition coefficient (Wildman–Crippen LogP) is 8.07. The van der Waals surface area contributed by atoms with Crippen molar-refractivity contribution in [1.29, 1.82) is 0 Å². The van der Waals surface area contributed by atoms with Gasteiger partial charge in [0.25, 0.3) is 0 Å². The Hall–Kier alpha value is -1.58. The van der Waals surface area contributed by atoms with E-state index in [9.17, 15) is 9.59 Å². The number of fused-ring (bicyclic) bond motifs is 5. The molecule has 0 N–H and O–H groups in total. The maximum absolute atomic E-state index is 11.8. The van der Waals surface area contributed by atoms with Crippen LogP contribution in [0.4, 0.5) is 0 Å². The van der Waals surface area contributed by atoms with E-state index >= 15 is 0 Å². The molecule has 0 heterocycles. The van der Waals surface area contributed by atoms with E-state index in [1.807, 2.05) is 13.8 Å². The average molecular weight is 642 g/mol. The Morgan fingerprint density at radius 1 is 1.00 bits per heavy atom. The van der Waals surface area contributed by atoms with Crippen molar-refractivity contribution < 1.29 is 19.1 Å². The van der Waals surface area contributed by atoms with Crippen LogP contribution in [0.15, 0.2) is 42.0 Å². The summed E-state index contributed by atoms with van der Waals surface area (Å²) in [6, 6.07) is 11.2. The first kappa shape index (κ1) is 31.8. The van der Waals surface area contributed by atoms with Crippen LogP contribution in [0.5, 0.6) is 0 Å². The normalized spacial score (nSPS) is 36.6. The molecular weight excluding hydrogens is 587 g/mol. The summed E-state index contributed by atoms with van der Waals surface area (Å²) in [6.07, 6.45) is 14.4. The van der Waals surface area contributed by atoms with Crippen LogP contribution in [0.1, 0.15) is 113 Å². The molecule has 0 aliphatic heterocycles. The number of carbonyl (C=O) groups is 2. The third-order valence-corrected chi connectivity index (χ3v) is 14.7. The minimum atomic E-state index is -0.380. The third-order valence-electron chi connectivity index (χ3n) is 12.0. The van der Waals surface area contributed by atoms with Crippen LogP contribution in [-0.2, 0) is 19.1 Å². The molecule has 3 saturated carbocycles. The topological polar surface area (TPSA) is 52.6 Å². The molecule has 5 heteroatoms. The van der Waals surface area contributed by atoms with Gasteiger partial charge in [-0.1, -0.05) is 0 Å². The van der Waals surface area contributed by atoms with Crippen LogP contribution in [0.25, 0.3) is 0 Å². The van der Waals surface area contributed by atoms with Crippen molar-refractivity contribution in [2.45, 2.75) is 129 Å². The number of allylic oxidation sites excluding steroid dienone is 1. The predicted molar refractivity (Wildman–Crippen MR) is 171 cm³/mol. The fourth-order valence-electron chi connectivity index (χ4n) is 10.2. The molecule has 9 atom stereocenters. The zero-order valence-electron chi connectivity index (χ0n) is 27.1. The Balaban J connectivity index is 1.38. The fraction of sp³-hybridized carbons (Fsp3) is 0.730. The summed E-state index contributed by atoms with van der Waals surface area (Å²) >= 11 is 0.386. The van der Waals surface area contributed by atoms with E-state index in [1.54, 1.807) is 12.5 Å². The molecule has 0 saturated heterocycles. The maximum atomic E-state index is 11.8. The van der Waals surface area contributed by atoms with Crippen LogP contribution < -0.4 is 4.46 Å². The van der Waals surface area contributed by atoms with E-state index in [0.29, 0.717) is 31.1 Å². The molecule has 4 aliphatic carbocycles. The monoisotopic (exact) mass is 642 g/mol. The second kappa shape index (κ2) is 12.4. The van der Waals surface area contributed by atoms with Gasteiger partial charge in [-0.3, -0.25) is 4.79 Å². The summed E-state index contributed by atoms with van der Waals surface area (Å²) < 4.78 is 12.9. The zero-order valence-corrected chi connectivity index (χ0v) is 28.8.